The van der Waals surface area contributed by atoms with Crippen molar-refractivity contribution < 1.29 is 9.47 Å². The van der Waals surface area contributed by atoms with Crippen molar-refractivity contribution >= 4 is 0 Å². The molecule has 0 aliphatic heterocycles. The van der Waals surface area contributed by atoms with Crippen LogP contribution >= 0.6 is 0 Å². The molecular weight excluding hydrogens is 236 g/mol. The minimum absolute atomic E-state index is 0.349. The number of ether oxygens (including phenoxy) is 2. The second-order valence-electron chi connectivity index (χ2n) is 4.48. The lowest BCUT2D eigenvalue weighted by Gasteiger charge is -2.19. The minimum atomic E-state index is 0.349. The average Bonchev–Trinajstić information content (AvgIpc) is 2.49. The van der Waals surface area contributed by atoms with Crippen molar-refractivity contribution in [2.45, 2.75) is 19.3 Å². The van der Waals surface area contributed by atoms with Crippen molar-refractivity contribution in [2.24, 2.45) is 0 Å². The van der Waals surface area contributed by atoms with E-state index in [-0.39, 0.29) is 0 Å². The molecule has 0 heterocycles. The highest BCUT2D eigenvalue weighted by atomic mass is 16.5. The van der Waals surface area contributed by atoms with Crippen LogP contribution in [0.3, 0.4) is 0 Å². The number of hydrogen-bond donors (Lipinski definition) is 0. The van der Waals surface area contributed by atoms with E-state index in [0.717, 1.165) is 17.9 Å². The van der Waals surface area contributed by atoms with E-state index in [1.165, 1.54) is 11.1 Å². The van der Waals surface area contributed by atoms with Crippen molar-refractivity contribution in [3.8, 4) is 11.5 Å². The second-order valence-corrected chi connectivity index (χ2v) is 4.48. The SMILES string of the molecule is CCC(c1ccccc1)c1ccc(OC)cc1OC. The Kier molecular flexibility index (Phi) is 4.45. The van der Waals surface area contributed by atoms with Crippen LogP contribution in [-0.4, -0.2) is 14.2 Å². The van der Waals surface area contributed by atoms with Crippen molar-refractivity contribution in [3.05, 3.63) is 59.7 Å². The van der Waals surface area contributed by atoms with E-state index in [1.807, 2.05) is 18.2 Å². The van der Waals surface area contributed by atoms with E-state index < -0.39 is 0 Å². The van der Waals surface area contributed by atoms with Crippen molar-refractivity contribution in [2.75, 3.05) is 14.2 Å². The largest absolute Gasteiger partial charge is 0.497 e. The van der Waals surface area contributed by atoms with Gasteiger partial charge in [-0.3, -0.25) is 0 Å². The van der Waals surface area contributed by atoms with E-state index in [9.17, 15) is 0 Å². The first-order valence-electron chi connectivity index (χ1n) is 6.57. The molecule has 0 aliphatic carbocycles. The number of methoxy groups -OCH3 is 2. The van der Waals surface area contributed by atoms with Gasteiger partial charge in [0.1, 0.15) is 11.5 Å². The third-order valence-electron chi connectivity index (χ3n) is 3.43. The second kappa shape index (κ2) is 6.28. The molecule has 0 spiro atoms. The fourth-order valence-electron chi connectivity index (χ4n) is 2.43. The molecule has 1 unspecified atom stereocenters. The lowest BCUT2D eigenvalue weighted by Crippen LogP contribution is -2.02. The quantitative estimate of drug-likeness (QED) is 0.796. The maximum absolute atomic E-state index is 5.51. The molecule has 2 aromatic carbocycles. The molecule has 0 saturated carbocycles. The summed E-state index contributed by atoms with van der Waals surface area (Å²) in [5, 5.41) is 0. The molecule has 2 heteroatoms. The van der Waals surface area contributed by atoms with Gasteiger partial charge in [-0.25, -0.2) is 0 Å². The molecule has 0 bridgehead atoms. The Bertz CT molecular complexity index is 520. The Morgan fingerprint density at radius 2 is 1.68 bits per heavy atom. The predicted molar refractivity (Wildman–Crippen MR) is 78.1 cm³/mol. The molecule has 1 atom stereocenters. The van der Waals surface area contributed by atoms with Crippen molar-refractivity contribution in [1.82, 2.24) is 0 Å². The molecule has 0 fully saturated rings. The van der Waals surface area contributed by atoms with E-state index >= 15 is 0 Å². The van der Waals surface area contributed by atoms with Gasteiger partial charge >= 0.3 is 0 Å². The summed E-state index contributed by atoms with van der Waals surface area (Å²) in [6, 6.07) is 16.6. The summed E-state index contributed by atoms with van der Waals surface area (Å²) in [4.78, 5) is 0. The molecule has 19 heavy (non-hydrogen) atoms. The van der Waals surface area contributed by atoms with Crippen LogP contribution in [0.5, 0.6) is 11.5 Å². The number of rotatable bonds is 5. The Morgan fingerprint density at radius 3 is 2.26 bits per heavy atom. The van der Waals surface area contributed by atoms with Gasteiger partial charge in [0.2, 0.25) is 0 Å². The summed E-state index contributed by atoms with van der Waals surface area (Å²) in [6.07, 6.45) is 1.03. The van der Waals surface area contributed by atoms with Gasteiger partial charge in [0.05, 0.1) is 14.2 Å². The molecule has 0 aliphatic rings. The first kappa shape index (κ1) is 13.5. The lowest BCUT2D eigenvalue weighted by molar-refractivity contribution is 0.389. The van der Waals surface area contributed by atoms with Gasteiger partial charge in [-0.1, -0.05) is 43.3 Å². The van der Waals surface area contributed by atoms with E-state index in [4.69, 9.17) is 9.47 Å². The smallest absolute Gasteiger partial charge is 0.126 e. The third-order valence-corrected chi connectivity index (χ3v) is 3.43. The molecule has 0 N–H and O–H groups in total. The molecular formula is C17H20O2. The summed E-state index contributed by atoms with van der Waals surface area (Å²) in [6.45, 7) is 2.20. The highest BCUT2D eigenvalue weighted by Crippen LogP contribution is 2.36. The molecule has 2 rings (SSSR count). The summed E-state index contributed by atoms with van der Waals surface area (Å²) in [5.41, 5.74) is 2.52. The Labute approximate surface area is 115 Å². The molecule has 0 aromatic heterocycles. The van der Waals surface area contributed by atoms with Gasteiger partial charge < -0.3 is 9.47 Å². The summed E-state index contributed by atoms with van der Waals surface area (Å²) in [7, 11) is 3.37. The van der Waals surface area contributed by atoms with Crippen LogP contribution in [0.2, 0.25) is 0 Å². The van der Waals surface area contributed by atoms with Gasteiger partial charge in [0.15, 0.2) is 0 Å². The van der Waals surface area contributed by atoms with Crippen LogP contribution in [-0.2, 0) is 0 Å². The molecule has 0 radical (unpaired) electrons. The Morgan fingerprint density at radius 1 is 0.947 bits per heavy atom. The van der Waals surface area contributed by atoms with E-state index in [1.54, 1.807) is 14.2 Å². The summed E-state index contributed by atoms with van der Waals surface area (Å²) in [5.74, 6) is 2.06. The predicted octanol–water partition coefficient (Wildman–Crippen LogP) is 4.25. The van der Waals surface area contributed by atoms with Crippen LogP contribution in [0.15, 0.2) is 48.5 Å². The zero-order valence-corrected chi connectivity index (χ0v) is 11.7. The first-order chi connectivity index (χ1) is 9.30. The average molecular weight is 256 g/mol. The van der Waals surface area contributed by atoms with Crippen molar-refractivity contribution in [1.29, 1.82) is 0 Å². The fraction of sp³-hybridized carbons (Fsp3) is 0.294. The van der Waals surface area contributed by atoms with Crippen LogP contribution < -0.4 is 9.47 Å². The normalized spacial score (nSPS) is 11.9. The van der Waals surface area contributed by atoms with Gasteiger partial charge in [0.25, 0.3) is 0 Å². The monoisotopic (exact) mass is 256 g/mol. The first-order valence-corrected chi connectivity index (χ1v) is 6.57. The molecule has 2 nitrogen and oxygen atoms in total. The molecule has 100 valence electrons. The zero-order valence-electron chi connectivity index (χ0n) is 11.7. The molecule has 0 saturated heterocycles. The van der Waals surface area contributed by atoms with Crippen molar-refractivity contribution in [3.63, 3.8) is 0 Å². The fourth-order valence-corrected chi connectivity index (χ4v) is 2.43. The van der Waals surface area contributed by atoms with Gasteiger partial charge in [-0.2, -0.15) is 0 Å². The van der Waals surface area contributed by atoms with Crippen LogP contribution in [0.25, 0.3) is 0 Å². The Hall–Kier alpha value is -1.96. The van der Waals surface area contributed by atoms with Gasteiger partial charge in [-0.05, 0) is 18.1 Å². The summed E-state index contributed by atoms with van der Waals surface area (Å²) < 4.78 is 10.8. The molecule has 0 amide bonds. The Balaban J connectivity index is 2.43. The van der Waals surface area contributed by atoms with Gasteiger partial charge in [-0.15, -0.1) is 0 Å². The standard InChI is InChI=1S/C17H20O2/c1-4-15(13-8-6-5-7-9-13)16-11-10-14(18-2)12-17(16)19-3/h5-12,15H,4H2,1-3H3. The lowest BCUT2D eigenvalue weighted by atomic mass is 9.88. The highest BCUT2D eigenvalue weighted by Gasteiger charge is 2.16. The minimum Gasteiger partial charge on any atom is -0.497 e. The molecule has 2 aromatic rings. The van der Waals surface area contributed by atoms with Crippen LogP contribution in [0.1, 0.15) is 30.4 Å². The number of hydrogen-bond acceptors (Lipinski definition) is 2. The summed E-state index contributed by atoms with van der Waals surface area (Å²) >= 11 is 0. The van der Waals surface area contributed by atoms with Gasteiger partial charge in [0, 0.05) is 17.5 Å². The topological polar surface area (TPSA) is 18.5 Å². The maximum Gasteiger partial charge on any atom is 0.126 e. The third kappa shape index (κ3) is 2.90. The van der Waals surface area contributed by atoms with E-state index in [0.29, 0.717) is 5.92 Å². The maximum atomic E-state index is 5.51. The highest BCUT2D eigenvalue weighted by molar-refractivity contribution is 5.46. The number of benzene rings is 2. The van der Waals surface area contributed by atoms with E-state index in [2.05, 4.69) is 37.3 Å². The zero-order chi connectivity index (χ0) is 13.7. The van der Waals surface area contributed by atoms with Crippen LogP contribution in [0, 0.1) is 0 Å². The van der Waals surface area contributed by atoms with Crippen LogP contribution in [0.4, 0.5) is 0 Å².